The molecule has 21 heavy (non-hydrogen) atoms. The molecular formula is C15H19F2N3O. The molecule has 0 spiro atoms. The van der Waals surface area contributed by atoms with Crippen LogP contribution in [-0.2, 0) is 0 Å². The van der Waals surface area contributed by atoms with Gasteiger partial charge in [0.1, 0.15) is 11.6 Å². The molecule has 0 radical (unpaired) electrons. The summed E-state index contributed by atoms with van der Waals surface area (Å²) in [5, 5.41) is 17.3. The molecule has 0 bridgehead atoms. The van der Waals surface area contributed by atoms with E-state index in [9.17, 15) is 13.9 Å². The Labute approximate surface area is 122 Å². The Morgan fingerprint density at radius 2 is 2.10 bits per heavy atom. The molecule has 2 rings (SSSR count). The normalized spacial score (nSPS) is 15.7. The van der Waals surface area contributed by atoms with Crippen LogP contribution in [0.25, 0.3) is 0 Å². The third-order valence-corrected chi connectivity index (χ3v) is 3.62. The number of rotatable bonds is 6. The average Bonchev–Trinajstić information content (AvgIpc) is 2.97. The van der Waals surface area contributed by atoms with Crippen molar-refractivity contribution in [1.82, 2.24) is 15.1 Å². The summed E-state index contributed by atoms with van der Waals surface area (Å²) in [6, 6.07) is 5.13. The largest absolute Gasteiger partial charge is 0.387 e. The zero-order chi connectivity index (χ0) is 15.4. The van der Waals surface area contributed by atoms with Gasteiger partial charge in [-0.3, -0.25) is 4.68 Å². The first-order valence-corrected chi connectivity index (χ1v) is 6.84. The molecule has 0 unspecified atom stereocenters. The highest BCUT2D eigenvalue weighted by Crippen LogP contribution is 2.18. The molecule has 0 aliphatic rings. The highest BCUT2D eigenvalue weighted by molar-refractivity contribution is 5.21. The minimum Gasteiger partial charge on any atom is -0.387 e. The van der Waals surface area contributed by atoms with Crippen molar-refractivity contribution in [2.45, 2.75) is 32.0 Å². The predicted octanol–water partition coefficient (Wildman–Crippen LogP) is 2.43. The Hall–Kier alpha value is -1.79. The molecule has 3 atom stereocenters. The van der Waals surface area contributed by atoms with Crippen LogP contribution in [0.2, 0.25) is 0 Å². The monoisotopic (exact) mass is 295 g/mol. The zero-order valence-electron chi connectivity index (χ0n) is 12.0. The highest BCUT2D eigenvalue weighted by Gasteiger charge is 2.18. The average molecular weight is 295 g/mol. The number of halogens is 2. The summed E-state index contributed by atoms with van der Waals surface area (Å²) in [4.78, 5) is 0. The van der Waals surface area contributed by atoms with Crippen LogP contribution in [0.5, 0.6) is 0 Å². The standard InChI is InChI=1S/C15H19F2N3O/c1-10(11(2)20-7-3-6-19-20)18-9-15(21)13-5-4-12(16)8-14(13)17/h3-8,10-11,15,18,21H,9H2,1-2H3/t10-,11-,15-/m0/s1. The van der Waals surface area contributed by atoms with E-state index < -0.39 is 17.7 Å². The number of hydrogen-bond donors (Lipinski definition) is 2. The van der Waals surface area contributed by atoms with E-state index in [1.54, 1.807) is 6.20 Å². The van der Waals surface area contributed by atoms with Crippen molar-refractivity contribution in [1.29, 1.82) is 0 Å². The number of aliphatic hydroxyl groups excluding tert-OH is 1. The first-order chi connectivity index (χ1) is 9.99. The second-order valence-corrected chi connectivity index (χ2v) is 5.11. The number of nitrogens with zero attached hydrogens (tertiary/aromatic N) is 2. The predicted molar refractivity (Wildman–Crippen MR) is 75.7 cm³/mol. The van der Waals surface area contributed by atoms with E-state index in [1.165, 1.54) is 6.07 Å². The fourth-order valence-electron chi connectivity index (χ4n) is 2.10. The number of hydrogen-bond acceptors (Lipinski definition) is 3. The van der Waals surface area contributed by atoms with Gasteiger partial charge >= 0.3 is 0 Å². The minimum atomic E-state index is -1.03. The van der Waals surface area contributed by atoms with Crippen LogP contribution in [-0.4, -0.2) is 27.5 Å². The maximum Gasteiger partial charge on any atom is 0.131 e. The Kier molecular flexibility index (Phi) is 5.03. The van der Waals surface area contributed by atoms with Gasteiger partial charge in [-0.1, -0.05) is 6.07 Å². The molecule has 2 aromatic rings. The summed E-state index contributed by atoms with van der Waals surface area (Å²) >= 11 is 0. The lowest BCUT2D eigenvalue weighted by molar-refractivity contribution is 0.161. The molecule has 1 aromatic heterocycles. The zero-order valence-corrected chi connectivity index (χ0v) is 12.0. The van der Waals surface area contributed by atoms with Crippen LogP contribution in [0.1, 0.15) is 31.6 Å². The third kappa shape index (κ3) is 3.86. The topological polar surface area (TPSA) is 50.1 Å². The van der Waals surface area contributed by atoms with Crippen molar-refractivity contribution >= 4 is 0 Å². The molecular weight excluding hydrogens is 276 g/mol. The van der Waals surface area contributed by atoms with Gasteiger partial charge in [0, 0.05) is 36.6 Å². The number of benzene rings is 1. The van der Waals surface area contributed by atoms with Gasteiger partial charge in [-0.05, 0) is 26.0 Å². The van der Waals surface area contributed by atoms with Crippen LogP contribution >= 0.6 is 0 Å². The lowest BCUT2D eigenvalue weighted by atomic mass is 10.1. The Morgan fingerprint density at radius 3 is 2.71 bits per heavy atom. The van der Waals surface area contributed by atoms with Gasteiger partial charge in [-0.2, -0.15) is 5.10 Å². The SMILES string of the molecule is C[C@H](NC[C@H](O)c1ccc(F)cc1F)[C@H](C)n1cccn1. The third-order valence-electron chi connectivity index (χ3n) is 3.62. The molecule has 0 fully saturated rings. The van der Waals surface area contributed by atoms with Crippen molar-refractivity contribution < 1.29 is 13.9 Å². The molecule has 4 nitrogen and oxygen atoms in total. The Bertz CT molecular complexity index is 574. The van der Waals surface area contributed by atoms with Gasteiger partial charge in [0.15, 0.2) is 0 Å². The second kappa shape index (κ2) is 6.78. The lowest BCUT2D eigenvalue weighted by Gasteiger charge is -2.23. The fourth-order valence-corrected chi connectivity index (χ4v) is 2.10. The van der Waals surface area contributed by atoms with E-state index >= 15 is 0 Å². The summed E-state index contributed by atoms with van der Waals surface area (Å²) in [5.74, 6) is -1.39. The lowest BCUT2D eigenvalue weighted by Crippen LogP contribution is -2.36. The first kappa shape index (κ1) is 15.6. The van der Waals surface area contributed by atoms with E-state index in [1.807, 2.05) is 30.8 Å². The molecule has 0 saturated carbocycles. The molecule has 6 heteroatoms. The van der Waals surface area contributed by atoms with Crippen molar-refractivity contribution in [2.75, 3.05) is 6.54 Å². The molecule has 0 aliphatic carbocycles. The van der Waals surface area contributed by atoms with Gasteiger partial charge in [-0.15, -0.1) is 0 Å². The van der Waals surface area contributed by atoms with E-state index in [-0.39, 0.29) is 24.2 Å². The maximum atomic E-state index is 13.6. The van der Waals surface area contributed by atoms with Crippen molar-refractivity contribution in [2.24, 2.45) is 0 Å². The van der Waals surface area contributed by atoms with Gasteiger partial charge < -0.3 is 10.4 Å². The van der Waals surface area contributed by atoms with Crippen LogP contribution in [0.15, 0.2) is 36.7 Å². The van der Waals surface area contributed by atoms with Crippen LogP contribution in [0.4, 0.5) is 8.78 Å². The molecule has 0 aliphatic heterocycles. The van der Waals surface area contributed by atoms with Gasteiger partial charge in [-0.25, -0.2) is 8.78 Å². The molecule has 1 heterocycles. The fraction of sp³-hybridized carbons (Fsp3) is 0.400. The Balaban J connectivity index is 1.93. The van der Waals surface area contributed by atoms with Crippen LogP contribution in [0.3, 0.4) is 0 Å². The quantitative estimate of drug-likeness (QED) is 0.860. The van der Waals surface area contributed by atoms with Crippen LogP contribution in [0, 0.1) is 11.6 Å². The molecule has 2 N–H and O–H groups in total. The number of nitrogens with one attached hydrogen (secondary N) is 1. The molecule has 0 amide bonds. The molecule has 1 aromatic carbocycles. The maximum absolute atomic E-state index is 13.6. The summed E-state index contributed by atoms with van der Waals surface area (Å²) in [6.07, 6.45) is 2.53. The summed E-state index contributed by atoms with van der Waals surface area (Å²) < 4.78 is 28.2. The van der Waals surface area contributed by atoms with E-state index in [0.29, 0.717) is 0 Å². The van der Waals surface area contributed by atoms with Gasteiger partial charge in [0.2, 0.25) is 0 Å². The van der Waals surface area contributed by atoms with Crippen molar-refractivity contribution in [3.63, 3.8) is 0 Å². The number of aromatic nitrogens is 2. The smallest absolute Gasteiger partial charge is 0.131 e. The van der Waals surface area contributed by atoms with E-state index in [4.69, 9.17) is 0 Å². The van der Waals surface area contributed by atoms with Gasteiger partial charge in [0.05, 0.1) is 12.1 Å². The summed E-state index contributed by atoms with van der Waals surface area (Å²) in [7, 11) is 0. The van der Waals surface area contributed by atoms with E-state index in [2.05, 4.69) is 10.4 Å². The minimum absolute atomic E-state index is 0.0306. The van der Waals surface area contributed by atoms with Crippen molar-refractivity contribution in [3.8, 4) is 0 Å². The second-order valence-electron chi connectivity index (χ2n) is 5.11. The number of aliphatic hydroxyl groups is 1. The molecule has 0 saturated heterocycles. The summed E-state index contributed by atoms with van der Waals surface area (Å²) in [5.41, 5.74) is 0.0860. The van der Waals surface area contributed by atoms with Crippen molar-refractivity contribution in [3.05, 3.63) is 53.9 Å². The first-order valence-electron chi connectivity index (χ1n) is 6.84. The van der Waals surface area contributed by atoms with Gasteiger partial charge in [0.25, 0.3) is 0 Å². The highest BCUT2D eigenvalue weighted by atomic mass is 19.1. The van der Waals surface area contributed by atoms with Crippen LogP contribution < -0.4 is 5.32 Å². The Morgan fingerprint density at radius 1 is 1.33 bits per heavy atom. The summed E-state index contributed by atoms with van der Waals surface area (Å²) in [6.45, 7) is 4.13. The van der Waals surface area contributed by atoms with E-state index in [0.717, 1.165) is 12.1 Å². The molecule has 114 valence electrons.